The van der Waals surface area contributed by atoms with Crippen molar-refractivity contribution >= 4 is 5.78 Å². The third-order valence-electron chi connectivity index (χ3n) is 4.12. The monoisotopic (exact) mass is 280 g/mol. The number of hydrogen-bond acceptors (Lipinski definition) is 2. The van der Waals surface area contributed by atoms with E-state index >= 15 is 0 Å². The van der Waals surface area contributed by atoms with Gasteiger partial charge in [0.1, 0.15) is 5.78 Å². The van der Waals surface area contributed by atoms with Crippen molar-refractivity contribution in [3.05, 3.63) is 0 Å². The molecule has 0 aromatic carbocycles. The van der Waals surface area contributed by atoms with E-state index in [2.05, 4.69) is 0 Å². The largest absolute Gasteiger partial charge is 0.391 e. The van der Waals surface area contributed by atoms with Crippen LogP contribution in [0, 0.1) is 11.8 Å². The van der Waals surface area contributed by atoms with Gasteiger partial charge in [0, 0.05) is 19.4 Å². The Labute approximate surface area is 112 Å². The number of Topliss-reactive ketones (excluding diaryl/α,β-unsaturated/α-hetero) is 1. The Hall–Kier alpha value is -0.580. The Bertz CT molecular complexity index is 310. The smallest absolute Gasteiger partial charge is 0.379 e. The number of halogens is 3. The van der Waals surface area contributed by atoms with Gasteiger partial charge < -0.3 is 4.74 Å². The van der Waals surface area contributed by atoms with Gasteiger partial charge in [-0.05, 0) is 39.5 Å². The SMILES string of the molecule is COC(C)(C)CCC(=O)C1CCCC(C(F)(F)F)C1. The van der Waals surface area contributed by atoms with Gasteiger partial charge in [-0.15, -0.1) is 0 Å². The quantitative estimate of drug-likeness (QED) is 0.757. The Morgan fingerprint density at radius 3 is 2.42 bits per heavy atom. The van der Waals surface area contributed by atoms with Crippen LogP contribution in [-0.4, -0.2) is 24.7 Å². The minimum Gasteiger partial charge on any atom is -0.379 e. The second kappa shape index (κ2) is 6.25. The average molecular weight is 280 g/mol. The van der Waals surface area contributed by atoms with Gasteiger partial charge in [-0.3, -0.25) is 4.79 Å². The van der Waals surface area contributed by atoms with E-state index in [-0.39, 0.29) is 18.6 Å². The zero-order valence-electron chi connectivity index (χ0n) is 11.8. The van der Waals surface area contributed by atoms with Crippen molar-refractivity contribution < 1.29 is 22.7 Å². The van der Waals surface area contributed by atoms with Gasteiger partial charge in [-0.2, -0.15) is 13.2 Å². The highest BCUT2D eigenvalue weighted by molar-refractivity contribution is 5.81. The summed E-state index contributed by atoms with van der Waals surface area (Å²) >= 11 is 0. The fourth-order valence-electron chi connectivity index (χ4n) is 2.51. The zero-order valence-corrected chi connectivity index (χ0v) is 11.8. The van der Waals surface area contributed by atoms with Crippen LogP contribution in [0.15, 0.2) is 0 Å². The summed E-state index contributed by atoms with van der Waals surface area (Å²) in [5, 5.41) is 0. The first-order valence-electron chi connectivity index (χ1n) is 6.80. The highest BCUT2D eigenvalue weighted by Crippen LogP contribution is 2.40. The molecule has 1 aliphatic rings. The van der Waals surface area contributed by atoms with Gasteiger partial charge in [0.05, 0.1) is 11.5 Å². The third-order valence-corrected chi connectivity index (χ3v) is 4.12. The van der Waals surface area contributed by atoms with E-state index in [1.807, 2.05) is 13.8 Å². The van der Waals surface area contributed by atoms with Gasteiger partial charge in [0.2, 0.25) is 0 Å². The van der Waals surface area contributed by atoms with Crippen LogP contribution in [0.5, 0.6) is 0 Å². The summed E-state index contributed by atoms with van der Waals surface area (Å²) < 4.78 is 43.2. The molecule has 0 saturated heterocycles. The summed E-state index contributed by atoms with van der Waals surface area (Å²) in [5.41, 5.74) is -0.395. The minimum atomic E-state index is -4.16. The lowest BCUT2D eigenvalue weighted by Crippen LogP contribution is -2.32. The van der Waals surface area contributed by atoms with E-state index < -0.39 is 23.6 Å². The molecular formula is C14H23F3O2. The van der Waals surface area contributed by atoms with Gasteiger partial charge in [-0.1, -0.05) is 6.42 Å². The van der Waals surface area contributed by atoms with Crippen LogP contribution in [0.4, 0.5) is 13.2 Å². The summed E-state index contributed by atoms with van der Waals surface area (Å²) in [6, 6.07) is 0. The van der Waals surface area contributed by atoms with Crippen LogP contribution in [0.1, 0.15) is 52.4 Å². The highest BCUT2D eigenvalue weighted by Gasteiger charge is 2.43. The van der Waals surface area contributed by atoms with Crippen LogP contribution >= 0.6 is 0 Å². The Kier molecular flexibility index (Phi) is 5.42. The lowest BCUT2D eigenvalue weighted by atomic mass is 9.77. The number of methoxy groups -OCH3 is 1. The first kappa shape index (κ1) is 16.5. The molecule has 19 heavy (non-hydrogen) atoms. The molecule has 112 valence electrons. The first-order valence-corrected chi connectivity index (χ1v) is 6.80. The van der Waals surface area contributed by atoms with Crippen molar-refractivity contribution in [3.63, 3.8) is 0 Å². The first-order chi connectivity index (χ1) is 8.65. The molecule has 1 fully saturated rings. The predicted molar refractivity (Wildman–Crippen MR) is 66.8 cm³/mol. The molecule has 0 bridgehead atoms. The molecule has 1 saturated carbocycles. The summed E-state index contributed by atoms with van der Waals surface area (Å²) in [4.78, 5) is 12.0. The molecule has 5 heteroatoms. The molecule has 0 amide bonds. The maximum atomic E-state index is 12.7. The van der Waals surface area contributed by atoms with Crippen molar-refractivity contribution in [2.45, 2.75) is 64.1 Å². The van der Waals surface area contributed by atoms with Crippen LogP contribution in [-0.2, 0) is 9.53 Å². The van der Waals surface area contributed by atoms with E-state index in [1.165, 1.54) is 0 Å². The zero-order chi connectivity index (χ0) is 14.7. The van der Waals surface area contributed by atoms with Crippen molar-refractivity contribution in [2.75, 3.05) is 7.11 Å². The number of carbonyl (C=O) groups is 1. The number of hydrogen-bond donors (Lipinski definition) is 0. The van der Waals surface area contributed by atoms with Crippen LogP contribution in [0.3, 0.4) is 0 Å². The Morgan fingerprint density at radius 1 is 1.26 bits per heavy atom. The standard InChI is InChI=1S/C14H23F3O2/c1-13(2,19-3)8-7-12(18)10-5-4-6-11(9-10)14(15,16)17/h10-11H,4-9H2,1-3H3. The number of ketones is 1. The highest BCUT2D eigenvalue weighted by atomic mass is 19.4. The molecule has 0 spiro atoms. The summed E-state index contributed by atoms with van der Waals surface area (Å²) in [6.07, 6.45) is -2.09. The lowest BCUT2D eigenvalue weighted by Gasteiger charge is -2.30. The molecule has 0 aliphatic heterocycles. The number of rotatable bonds is 5. The lowest BCUT2D eigenvalue weighted by molar-refractivity contribution is -0.186. The molecule has 0 N–H and O–H groups in total. The van der Waals surface area contributed by atoms with Crippen molar-refractivity contribution in [2.24, 2.45) is 11.8 Å². The van der Waals surface area contributed by atoms with E-state index in [1.54, 1.807) is 7.11 Å². The topological polar surface area (TPSA) is 26.3 Å². The summed E-state index contributed by atoms with van der Waals surface area (Å²) in [7, 11) is 1.57. The molecule has 2 atom stereocenters. The average Bonchev–Trinajstić information content (AvgIpc) is 2.35. The van der Waals surface area contributed by atoms with Crippen molar-refractivity contribution in [3.8, 4) is 0 Å². The van der Waals surface area contributed by atoms with Crippen LogP contribution < -0.4 is 0 Å². The molecule has 1 rings (SSSR count). The molecule has 0 heterocycles. The predicted octanol–water partition coefficient (Wildman–Crippen LogP) is 4.13. The second-order valence-corrected chi connectivity index (χ2v) is 6.03. The van der Waals surface area contributed by atoms with E-state index in [9.17, 15) is 18.0 Å². The minimum absolute atomic E-state index is 0.0320. The second-order valence-electron chi connectivity index (χ2n) is 6.03. The van der Waals surface area contributed by atoms with Crippen molar-refractivity contribution in [1.29, 1.82) is 0 Å². The molecule has 0 aromatic rings. The Morgan fingerprint density at radius 2 is 1.89 bits per heavy atom. The fourth-order valence-corrected chi connectivity index (χ4v) is 2.51. The van der Waals surface area contributed by atoms with Gasteiger partial charge in [0.25, 0.3) is 0 Å². The number of carbonyl (C=O) groups excluding carboxylic acids is 1. The molecule has 2 unspecified atom stereocenters. The summed E-state index contributed by atoms with van der Waals surface area (Å²) in [6.45, 7) is 3.75. The Balaban J connectivity index is 2.49. The van der Waals surface area contributed by atoms with Gasteiger partial charge in [0.15, 0.2) is 0 Å². The van der Waals surface area contributed by atoms with Gasteiger partial charge >= 0.3 is 6.18 Å². The number of ether oxygens (including phenoxy) is 1. The molecule has 0 aromatic heterocycles. The van der Waals surface area contributed by atoms with Crippen molar-refractivity contribution in [1.82, 2.24) is 0 Å². The van der Waals surface area contributed by atoms with E-state index in [0.29, 0.717) is 25.7 Å². The maximum absolute atomic E-state index is 12.7. The molecule has 1 aliphatic carbocycles. The maximum Gasteiger partial charge on any atom is 0.391 e. The fraction of sp³-hybridized carbons (Fsp3) is 0.929. The summed E-state index contributed by atoms with van der Waals surface area (Å²) in [5.74, 6) is -1.77. The number of alkyl halides is 3. The molecular weight excluding hydrogens is 257 g/mol. The van der Waals surface area contributed by atoms with Gasteiger partial charge in [-0.25, -0.2) is 0 Å². The van der Waals surface area contributed by atoms with Crippen LogP contribution in [0.2, 0.25) is 0 Å². The third kappa shape index (κ3) is 5.13. The van der Waals surface area contributed by atoms with E-state index in [4.69, 9.17) is 4.74 Å². The van der Waals surface area contributed by atoms with E-state index in [0.717, 1.165) is 0 Å². The normalized spacial score (nSPS) is 25.4. The molecule has 2 nitrogen and oxygen atoms in total. The molecule has 0 radical (unpaired) electrons. The van der Waals surface area contributed by atoms with Crippen LogP contribution in [0.25, 0.3) is 0 Å².